The van der Waals surface area contributed by atoms with Gasteiger partial charge >= 0.3 is 6.09 Å². The molecule has 0 aromatic carbocycles. The van der Waals surface area contributed by atoms with Gasteiger partial charge in [-0.15, -0.1) is 0 Å². The van der Waals surface area contributed by atoms with Gasteiger partial charge in [-0.2, -0.15) is 5.26 Å². The van der Waals surface area contributed by atoms with Crippen LogP contribution in [0.5, 0.6) is 0 Å². The van der Waals surface area contributed by atoms with Gasteiger partial charge in [0, 0.05) is 6.04 Å². The lowest BCUT2D eigenvalue weighted by Crippen LogP contribution is -2.30. The molecule has 4 heteroatoms. The second-order valence-electron chi connectivity index (χ2n) is 1.85. The number of rotatable bonds is 1. The maximum absolute atomic E-state index is 10.1. The smallest absolute Gasteiger partial charge is 0.420 e. The minimum absolute atomic E-state index is 0.271. The number of nitrogens with zero attached hydrogens (tertiary/aromatic N) is 2. The number of hydrogen-bond donors (Lipinski definition) is 1. The maximum Gasteiger partial charge on any atom is 0.420 e. The third-order valence-electron chi connectivity index (χ3n) is 0.830. The van der Waals surface area contributed by atoms with E-state index < -0.39 is 6.09 Å². The Labute approximate surface area is 53.3 Å². The second-order valence-corrected chi connectivity index (χ2v) is 1.85. The molecule has 1 amide bonds. The molecule has 9 heavy (non-hydrogen) atoms. The Bertz CT molecular complexity index is 148. The van der Waals surface area contributed by atoms with E-state index in [1.54, 1.807) is 13.8 Å². The highest BCUT2D eigenvalue weighted by Gasteiger charge is 2.13. The average Bonchev–Trinajstić information content (AvgIpc) is 1.64. The lowest BCUT2D eigenvalue weighted by atomic mass is 10.4. The molecule has 0 atom stereocenters. The molecule has 4 nitrogen and oxygen atoms in total. The predicted molar refractivity (Wildman–Crippen MR) is 30.6 cm³/mol. The van der Waals surface area contributed by atoms with Crippen LogP contribution in [-0.4, -0.2) is 22.1 Å². The van der Waals surface area contributed by atoms with Crippen molar-refractivity contribution in [3.63, 3.8) is 0 Å². The van der Waals surface area contributed by atoms with Gasteiger partial charge in [-0.3, -0.25) is 0 Å². The van der Waals surface area contributed by atoms with Gasteiger partial charge in [-0.25, -0.2) is 9.69 Å². The molecule has 0 heterocycles. The summed E-state index contributed by atoms with van der Waals surface area (Å²) in [5.41, 5.74) is 0. The molecule has 1 N–H and O–H groups in total. The fourth-order valence-electron chi connectivity index (χ4n) is 0.379. The van der Waals surface area contributed by atoms with Gasteiger partial charge in [-0.05, 0) is 13.8 Å². The van der Waals surface area contributed by atoms with Crippen molar-refractivity contribution in [2.75, 3.05) is 0 Å². The zero-order valence-corrected chi connectivity index (χ0v) is 5.33. The standard InChI is InChI=1S/C5H8N2O2/c1-4(2)7(3-6)5(8)9/h4H,1-2H3,(H,8,9). The fraction of sp³-hybridized carbons (Fsp3) is 0.600. The average molecular weight is 128 g/mol. The lowest BCUT2D eigenvalue weighted by Gasteiger charge is -2.11. The molecule has 0 aliphatic heterocycles. The van der Waals surface area contributed by atoms with Crippen LogP contribution in [0.1, 0.15) is 13.8 Å². The maximum atomic E-state index is 10.1. The van der Waals surface area contributed by atoms with Crippen LogP contribution in [0, 0.1) is 11.5 Å². The molecule has 0 saturated carbocycles. The van der Waals surface area contributed by atoms with Crippen LogP contribution in [-0.2, 0) is 0 Å². The zero-order valence-electron chi connectivity index (χ0n) is 5.33. The Balaban J connectivity index is 4.04. The van der Waals surface area contributed by atoms with E-state index >= 15 is 0 Å². The Kier molecular flexibility index (Phi) is 2.52. The Morgan fingerprint density at radius 2 is 2.22 bits per heavy atom. The van der Waals surface area contributed by atoms with E-state index in [2.05, 4.69) is 0 Å². The van der Waals surface area contributed by atoms with Crippen molar-refractivity contribution in [3.05, 3.63) is 0 Å². The summed E-state index contributed by atoms with van der Waals surface area (Å²) in [6.45, 7) is 3.27. The Hall–Kier alpha value is -1.24. The van der Waals surface area contributed by atoms with Crippen LogP contribution in [0.15, 0.2) is 0 Å². The highest BCUT2D eigenvalue weighted by atomic mass is 16.4. The largest absolute Gasteiger partial charge is 0.464 e. The molecule has 50 valence electrons. The van der Waals surface area contributed by atoms with Gasteiger partial charge < -0.3 is 5.11 Å². The Morgan fingerprint density at radius 1 is 1.78 bits per heavy atom. The number of carbonyl (C=O) groups is 1. The summed E-state index contributed by atoms with van der Waals surface area (Å²) >= 11 is 0. The van der Waals surface area contributed by atoms with Gasteiger partial charge in [0.1, 0.15) is 0 Å². The van der Waals surface area contributed by atoms with E-state index in [9.17, 15) is 4.79 Å². The third-order valence-corrected chi connectivity index (χ3v) is 0.830. The fourth-order valence-corrected chi connectivity index (χ4v) is 0.379. The van der Waals surface area contributed by atoms with Crippen LogP contribution in [0.2, 0.25) is 0 Å². The summed E-state index contributed by atoms with van der Waals surface area (Å²) in [6, 6.07) is -0.271. The molecular formula is C5H8N2O2. The first kappa shape index (κ1) is 7.76. The molecule has 0 aromatic rings. The number of amides is 1. The minimum atomic E-state index is -1.20. The summed E-state index contributed by atoms with van der Waals surface area (Å²) in [5.74, 6) is 0. The predicted octanol–water partition coefficient (Wildman–Crippen LogP) is 0.856. The normalized spacial score (nSPS) is 8.67. The van der Waals surface area contributed by atoms with Gasteiger partial charge in [0.25, 0.3) is 0 Å². The van der Waals surface area contributed by atoms with Crippen molar-refractivity contribution in [2.45, 2.75) is 19.9 Å². The lowest BCUT2D eigenvalue weighted by molar-refractivity contribution is 0.156. The molecule has 0 bridgehead atoms. The van der Waals surface area contributed by atoms with Crippen LogP contribution < -0.4 is 0 Å². The molecule has 0 rings (SSSR count). The monoisotopic (exact) mass is 128 g/mol. The van der Waals surface area contributed by atoms with Crippen molar-refractivity contribution in [3.8, 4) is 6.19 Å². The molecule has 0 radical (unpaired) electrons. The van der Waals surface area contributed by atoms with Crippen LogP contribution in [0.3, 0.4) is 0 Å². The molecule has 0 aliphatic rings. The van der Waals surface area contributed by atoms with Crippen molar-refractivity contribution in [2.24, 2.45) is 0 Å². The van der Waals surface area contributed by atoms with E-state index in [4.69, 9.17) is 10.4 Å². The first-order valence-corrected chi connectivity index (χ1v) is 2.51. The summed E-state index contributed by atoms with van der Waals surface area (Å²) in [6.07, 6.45) is 0.333. The molecule has 0 saturated heterocycles. The van der Waals surface area contributed by atoms with Crippen molar-refractivity contribution >= 4 is 6.09 Å². The topological polar surface area (TPSA) is 64.3 Å². The molecule has 0 spiro atoms. The number of carboxylic acid groups (broad SMARTS) is 1. The second kappa shape index (κ2) is 2.92. The molecular weight excluding hydrogens is 120 g/mol. The van der Waals surface area contributed by atoms with Gasteiger partial charge in [-0.1, -0.05) is 0 Å². The van der Waals surface area contributed by atoms with Crippen molar-refractivity contribution in [1.82, 2.24) is 4.90 Å². The third kappa shape index (κ3) is 2.00. The zero-order chi connectivity index (χ0) is 7.44. The molecule has 0 unspecified atom stereocenters. The van der Waals surface area contributed by atoms with E-state index in [1.165, 1.54) is 6.19 Å². The van der Waals surface area contributed by atoms with Crippen molar-refractivity contribution in [1.29, 1.82) is 5.26 Å². The van der Waals surface area contributed by atoms with Gasteiger partial charge in [0.2, 0.25) is 0 Å². The summed E-state index contributed by atoms with van der Waals surface area (Å²) < 4.78 is 0. The van der Waals surface area contributed by atoms with E-state index in [1.807, 2.05) is 0 Å². The van der Waals surface area contributed by atoms with Crippen LogP contribution in [0.25, 0.3) is 0 Å². The number of nitriles is 1. The SMILES string of the molecule is CC(C)N(C#N)C(=O)O. The first-order valence-electron chi connectivity index (χ1n) is 2.51. The van der Waals surface area contributed by atoms with Gasteiger partial charge in [0.15, 0.2) is 6.19 Å². The summed E-state index contributed by atoms with van der Waals surface area (Å²) in [5, 5.41) is 16.4. The quantitative estimate of drug-likeness (QED) is 0.420. The molecule has 0 aliphatic carbocycles. The van der Waals surface area contributed by atoms with E-state index in [-0.39, 0.29) is 6.04 Å². The molecule has 0 fully saturated rings. The van der Waals surface area contributed by atoms with Gasteiger partial charge in [0.05, 0.1) is 0 Å². The summed E-state index contributed by atoms with van der Waals surface area (Å²) in [4.78, 5) is 10.8. The molecule has 0 aromatic heterocycles. The van der Waals surface area contributed by atoms with Crippen molar-refractivity contribution < 1.29 is 9.90 Å². The summed E-state index contributed by atoms with van der Waals surface area (Å²) in [7, 11) is 0. The van der Waals surface area contributed by atoms with E-state index in [0.29, 0.717) is 4.90 Å². The highest BCUT2D eigenvalue weighted by molar-refractivity contribution is 5.67. The first-order chi connectivity index (χ1) is 4.09. The Morgan fingerprint density at radius 3 is 2.22 bits per heavy atom. The van der Waals surface area contributed by atoms with Crippen LogP contribution >= 0.6 is 0 Å². The highest BCUT2D eigenvalue weighted by Crippen LogP contribution is 1.94. The minimum Gasteiger partial charge on any atom is -0.464 e. The van der Waals surface area contributed by atoms with E-state index in [0.717, 1.165) is 0 Å². The number of hydrogen-bond acceptors (Lipinski definition) is 2. The van der Waals surface area contributed by atoms with Crippen LogP contribution in [0.4, 0.5) is 4.79 Å².